The molecule has 37 heavy (non-hydrogen) atoms. The van der Waals surface area contributed by atoms with Gasteiger partial charge in [-0.15, -0.1) is 49.2 Å². The van der Waals surface area contributed by atoms with Crippen LogP contribution in [0, 0.1) is 47.6 Å². The van der Waals surface area contributed by atoms with Crippen molar-refractivity contribution in [3.63, 3.8) is 0 Å². The Morgan fingerprint density at radius 3 is 1.32 bits per heavy atom. The van der Waals surface area contributed by atoms with Crippen LogP contribution in [0.1, 0.15) is 39.5 Å². The van der Waals surface area contributed by atoms with Gasteiger partial charge in [0.05, 0.1) is 0 Å². The second kappa shape index (κ2) is 19.9. The molecule has 192 valence electrons. The van der Waals surface area contributed by atoms with Gasteiger partial charge in [0, 0.05) is 36.1 Å². The predicted molar refractivity (Wildman–Crippen MR) is 131 cm³/mol. The van der Waals surface area contributed by atoms with E-state index in [4.69, 9.17) is 0 Å². The maximum atomic E-state index is 12.8. The largest absolute Gasteiger partial charge is 4.00 e. The van der Waals surface area contributed by atoms with Gasteiger partial charge in [0.1, 0.15) is 0 Å². The zero-order valence-electron chi connectivity index (χ0n) is 20.4. The van der Waals surface area contributed by atoms with E-state index in [1.807, 2.05) is 36.4 Å². The molecule has 9 heteroatoms. The van der Waals surface area contributed by atoms with Gasteiger partial charge in [-0.1, -0.05) is 13.8 Å². The summed E-state index contributed by atoms with van der Waals surface area (Å²) in [6.07, 6.45) is 20.5. The van der Waals surface area contributed by atoms with E-state index in [2.05, 4.69) is 34.9 Å². The van der Waals surface area contributed by atoms with E-state index >= 15 is 0 Å². The van der Waals surface area contributed by atoms with Crippen molar-refractivity contribution in [1.82, 2.24) is 0 Å². The fraction of sp³-hybridized carbons (Fsp3) is 0.214. The summed E-state index contributed by atoms with van der Waals surface area (Å²) in [7, 11) is 0. The van der Waals surface area contributed by atoms with Crippen molar-refractivity contribution in [2.75, 3.05) is 10.6 Å². The molecule has 0 unspecified atom stereocenters. The number of benzene rings is 2. The molecule has 0 saturated heterocycles. The van der Waals surface area contributed by atoms with Gasteiger partial charge in [-0.25, -0.2) is 41.9 Å². The Bertz CT molecular complexity index is 1010. The number of carbonyl (C=O) groups is 2. The quantitative estimate of drug-likeness (QED) is 0.251. The van der Waals surface area contributed by atoms with Crippen LogP contribution in [0.2, 0.25) is 0 Å². The molecule has 4 nitrogen and oxygen atoms in total. The molecule has 0 fully saturated rings. The molecule has 0 radical (unpaired) electrons. The zero-order chi connectivity index (χ0) is 26.8. The third-order valence-electron chi connectivity index (χ3n) is 4.09. The number of amides is 2. The van der Waals surface area contributed by atoms with Crippen LogP contribution >= 0.6 is 0 Å². The minimum atomic E-state index is -0.887. The molecule has 2 aliphatic rings. The van der Waals surface area contributed by atoms with Gasteiger partial charge in [-0.3, -0.25) is 21.7 Å². The molecular weight excluding hydrogens is 520 g/mol. The average molecular weight is 546 g/mol. The Labute approximate surface area is 230 Å². The minimum Gasteiger partial charge on any atom is -0.377 e. The molecule has 0 heterocycles. The molecule has 0 bridgehead atoms. The summed E-state index contributed by atoms with van der Waals surface area (Å²) in [4.78, 5) is 21.7. The van der Waals surface area contributed by atoms with Crippen LogP contribution in [0.4, 0.5) is 28.9 Å². The van der Waals surface area contributed by atoms with Crippen molar-refractivity contribution in [2.24, 2.45) is 0 Å². The zero-order valence-corrected chi connectivity index (χ0v) is 22.0. The van der Waals surface area contributed by atoms with Gasteiger partial charge < -0.3 is 10.6 Å². The summed E-state index contributed by atoms with van der Waals surface area (Å²) in [6.45, 7) is 3.28. The van der Waals surface area contributed by atoms with E-state index < -0.39 is 23.3 Å². The van der Waals surface area contributed by atoms with Crippen LogP contribution in [0.5, 0.6) is 0 Å². The fourth-order valence-corrected chi connectivity index (χ4v) is 2.24. The monoisotopic (exact) mass is 546 g/mol. The van der Waals surface area contributed by atoms with E-state index in [1.165, 1.54) is 0 Å². The van der Waals surface area contributed by atoms with E-state index in [0.29, 0.717) is 0 Å². The van der Waals surface area contributed by atoms with Gasteiger partial charge in [0.15, 0.2) is 0 Å². The van der Waals surface area contributed by atoms with Gasteiger partial charge in [-0.05, 0) is 11.4 Å². The van der Waals surface area contributed by atoms with Crippen LogP contribution in [-0.4, -0.2) is 11.8 Å². The Balaban J connectivity index is 0.000000502. The van der Waals surface area contributed by atoms with E-state index in [0.717, 1.165) is 37.1 Å². The number of rotatable bonds is 4. The van der Waals surface area contributed by atoms with Gasteiger partial charge in [0.25, 0.3) is 0 Å². The first-order valence-electron chi connectivity index (χ1n) is 11.0. The van der Waals surface area contributed by atoms with E-state index in [9.17, 15) is 27.2 Å². The molecular formula is C28H26F4N2O2Ti. The normalized spacial score (nSPS) is 11.6. The number of allylic oxidation sites excluding steroid dienone is 8. The van der Waals surface area contributed by atoms with Crippen molar-refractivity contribution < 1.29 is 48.9 Å². The Morgan fingerprint density at radius 2 is 1.11 bits per heavy atom. The summed E-state index contributed by atoms with van der Waals surface area (Å²) >= 11 is 0. The van der Waals surface area contributed by atoms with E-state index in [-0.39, 0.29) is 57.7 Å². The minimum absolute atomic E-state index is 0. The molecule has 2 amide bonds. The predicted octanol–water partition coefficient (Wildman–Crippen LogP) is 6.84. The number of carbonyl (C=O) groups excluding carboxylic acids is 2. The van der Waals surface area contributed by atoms with Crippen molar-refractivity contribution >= 4 is 23.2 Å². The Kier molecular flexibility index (Phi) is 18.2. The Morgan fingerprint density at radius 1 is 0.730 bits per heavy atom. The van der Waals surface area contributed by atoms with Crippen LogP contribution < -0.4 is 10.6 Å². The molecule has 2 aromatic carbocycles. The summed E-state index contributed by atoms with van der Waals surface area (Å²) < 4.78 is 50.4. The van der Waals surface area contributed by atoms with Crippen LogP contribution in [0.25, 0.3) is 0 Å². The van der Waals surface area contributed by atoms with Crippen molar-refractivity contribution in [1.29, 1.82) is 0 Å². The maximum absolute atomic E-state index is 12.8. The number of anilines is 2. The van der Waals surface area contributed by atoms with Crippen LogP contribution in [0.3, 0.4) is 0 Å². The first kappa shape index (κ1) is 33.8. The number of halogens is 4. The molecule has 2 aliphatic carbocycles. The van der Waals surface area contributed by atoms with Crippen molar-refractivity contribution in [3.05, 3.63) is 108 Å². The van der Waals surface area contributed by atoms with Gasteiger partial charge in [0.2, 0.25) is 11.8 Å². The molecule has 0 spiro atoms. The fourth-order valence-electron chi connectivity index (χ4n) is 2.24. The molecule has 4 rings (SSSR count). The van der Waals surface area contributed by atoms with Crippen molar-refractivity contribution in [3.8, 4) is 0 Å². The first-order chi connectivity index (χ1) is 17.3. The molecule has 0 saturated carbocycles. The summed E-state index contributed by atoms with van der Waals surface area (Å²) in [6, 6.07) is 8.04. The standard InChI is InChI=1S/2C9H8F2NO.2C5H5.Ti/c2*1-2-9(13)12-8-4-3-6(10)5-7(8)11;2*1-2-4-5-3-1;/h2*3-4H,2H2,1H3,(H,12,13);2*1-3H,4H2;/q4*-1;+4. The maximum Gasteiger partial charge on any atom is 4.00 e. The molecule has 0 atom stereocenters. The number of nitrogens with one attached hydrogen (secondary N) is 2. The molecule has 2 N–H and O–H groups in total. The topological polar surface area (TPSA) is 58.2 Å². The number of hydrogen-bond acceptors (Lipinski definition) is 2. The summed E-state index contributed by atoms with van der Waals surface area (Å²) in [5.41, 5.74) is -0.0958. The average Bonchev–Trinajstić information content (AvgIpc) is 3.62. The first-order valence-corrected chi connectivity index (χ1v) is 11.0. The van der Waals surface area contributed by atoms with Crippen LogP contribution in [0.15, 0.2) is 60.7 Å². The SMILES string of the molecule is CCC(=O)Nc1ccc(F)[c-]c1F.CCC(=O)Nc1ccc(F)[c-]c1F.[C-]1=CC=CC1.[C-]1=CC=CC1.[Ti+4]. The third-order valence-corrected chi connectivity index (χ3v) is 4.09. The number of hydrogen-bond donors (Lipinski definition) is 2. The summed E-state index contributed by atoms with van der Waals surface area (Å²) in [5.74, 6) is -3.99. The smallest absolute Gasteiger partial charge is 0.377 e. The second-order valence-corrected chi connectivity index (χ2v) is 6.88. The Hall–Kier alpha value is -3.23. The third kappa shape index (κ3) is 15.5. The summed E-state index contributed by atoms with van der Waals surface area (Å²) in [5, 5.41) is 4.55. The second-order valence-electron chi connectivity index (χ2n) is 6.88. The van der Waals surface area contributed by atoms with Gasteiger partial charge in [-0.2, -0.15) is 12.2 Å². The molecule has 0 aliphatic heterocycles. The van der Waals surface area contributed by atoms with E-state index in [1.54, 1.807) is 13.8 Å². The molecule has 2 aromatic rings. The van der Waals surface area contributed by atoms with Gasteiger partial charge >= 0.3 is 21.7 Å². The van der Waals surface area contributed by atoms with Crippen LogP contribution in [-0.2, 0) is 31.3 Å². The van der Waals surface area contributed by atoms with Crippen molar-refractivity contribution in [2.45, 2.75) is 39.5 Å². The molecule has 0 aromatic heterocycles.